The molecule has 0 aromatic heterocycles. The largest absolute Gasteiger partial charge is 0.507 e. The highest BCUT2D eigenvalue weighted by Gasteiger charge is 2.35. The van der Waals surface area contributed by atoms with Crippen molar-refractivity contribution in [1.82, 2.24) is 0 Å². The predicted molar refractivity (Wildman–Crippen MR) is 51.7 cm³/mol. The molecular weight excluding hydrogens is 223 g/mol. The zero-order chi connectivity index (χ0) is 12.3. The van der Waals surface area contributed by atoms with Gasteiger partial charge in [-0.3, -0.25) is 0 Å². The van der Waals surface area contributed by atoms with E-state index in [4.69, 9.17) is 5.73 Å². The summed E-state index contributed by atoms with van der Waals surface area (Å²) < 4.78 is 37.2. The Balaban J connectivity index is 3.14. The van der Waals surface area contributed by atoms with E-state index in [0.29, 0.717) is 0 Å². The van der Waals surface area contributed by atoms with E-state index in [1.807, 2.05) is 0 Å². The van der Waals surface area contributed by atoms with Crippen molar-refractivity contribution in [1.29, 1.82) is 0 Å². The van der Waals surface area contributed by atoms with E-state index in [2.05, 4.69) is 0 Å². The van der Waals surface area contributed by atoms with Crippen LogP contribution in [0.15, 0.2) is 18.2 Å². The predicted octanol–water partition coefficient (Wildman–Crippen LogP) is 1.79. The quantitative estimate of drug-likeness (QED) is 0.748. The van der Waals surface area contributed by atoms with Gasteiger partial charge in [0.2, 0.25) is 0 Å². The number of phenolic OH excluding ortho intramolecular Hbond substituents is 1. The van der Waals surface area contributed by atoms with E-state index in [1.165, 1.54) is 6.07 Å². The standard InChI is InChI=1S/C10H12F3NO2/c11-10(12,13)7-3-1-2-6(9(7)16)8(15)4-5-14/h1-3,8,15-16H,4-5,14H2. The lowest BCUT2D eigenvalue weighted by molar-refractivity contribution is -0.138. The highest BCUT2D eigenvalue weighted by molar-refractivity contribution is 5.43. The molecule has 0 aliphatic carbocycles. The number of benzene rings is 1. The van der Waals surface area contributed by atoms with Crippen LogP contribution in [0.3, 0.4) is 0 Å². The summed E-state index contributed by atoms with van der Waals surface area (Å²) in [7, 11) is 0. The summed E-state index contributed by atoms with van der Waals surface area (Å²) in [5.74, 6) is -0.934. The second-order valence-electron chi connectivity index (χ2n) is 3.33. The summed E-state index contributed by atoms with van der Waals surface area (Å²) in [6, 6.07) is 3.14. The number of nitrogens with two attached hydrogens (primary N) is 1. The van der Waals surface area contributed by atoms with Crippen molar-refractivity contribution in [2.75, 3.05) is 6.54 Å². The van der Waals surface area contributed by atoms with E-state index in [0.717, 1.165) is 12.1 Å². The Kier molecular flexibility index (Phi) is 3.77. The number of rotatable bonds is 3. The number of aliphatic hydroxyl groups is 1. The van der Waals surface area contributed by atoms with Gasteiger partial charge in [-0.15, -0.1) is 0 Å². The summed E-state index contributed by atoms with van der Waals surface area (Å²) in [4.78, 5) is 0. The maximum atomic E-state index is 12.4. The minimum Gasteiger partial charge on any atom is -0.507 e. The maximum absolute atomic E-state index is 12.4. The summed E-state index contributed by atoms with van der Waals surface area (Å²) in [6.07, 6.45) is -5.73. The fraction of sp³-hybridized carbons (Fsp3) is 0.400. The van der Waals surface area contributed by atoms with Crippen LogP contribution in [0.2, 0.25) is 0 Å². The molecule has 0 amide bonds. The van der Waals surface area contributed by atoms with E-state index in [-0.39, 0.29) is 18.5 Å². The average Bonchev–Trinajstić information content (AvgIpc) is 2.16. The molecule has 0 aliphatic rings. The van der Waals surface area contributed by atoms with Gasteiger partial charge in [-0.1, -0.05) is 12.1 Å². The first kappa shape index (κ1) is 12.8. The Morgan fingerprint density at radius 2 is 1.94 bits per heavy atom. The van der Waals surface area contributed by atoms with E-state index in [1.54, 1.807) is 0 Å². The van der Waals surface area contributed by atoms with Crippen molar-refractivity contribution >= 4 is 0 Å². The van der Waals surface area contributed by atoms with Gasteiger partial charge in [0.15, 0.2) is 0 Å². The van der Waals surface area contributed by atoms with Gasteiger partial charge in [-0.2, -0.15) is 13.2 Å². The minimum absolute atomic E-state index is 0.0921. The van der Waals surface area contributed by atoms with Crippen molar-refractivity contribution < 1.29 is 23.4 Å². The average molecular weight is 235 g/mol. The molecule has 3 nitrogen and oxygen atoms in total. The van der Waals surface area contributed by atoms with Crippen molar-refractivity contribution in [3.8, 4) is 5.75 Å². The van der Waals surface area contributed by atoms with Crippen LogP contribution in [0.4, 0.5) is 13.2 Å². The first-order valence-corrected chi connectivity index (χ1v) is 4.65. The van der Waals surface area contributed by atoms with Crippen LogP contribution >= 0.6 is 0 Å². The molecule has 1 rings (SSSR count). The van der Waals surface area contributed by atoms with Gasteiger partial charge in [0.25, 0.3) is 0 Å². The number of aromatic hydroxyl groups is 1. The summed E-state index contributed by atoms with van der Waals surface area (Å²) in [5, 5.41) is 18.9. The zero-order valence-electron chi connectivity index (χ0n) is 8.33. The Bertz CT molecular complexity index is 366. The molecule has 1 unspecified atom stereocenters. The molecule has 0 heterocycles. The second kappa shape index (κ2) is 4.71. The van der Waals surface area contributed by atoms with E-state index >= 15 is 0 Å². The number of para-hydroxylation sites is 1. The highest BCUT2D eigenvalue weighted by Crippen LogP contribution is 2.39. The lowest BCUT2D eigenvalue weighted by atomic mass is 10.0. The molecule has 0 radical (unpaired) electrons. The highest BCUT2D eigenvalue weighted by atomic mass is 19.4. The molecule has 16 heavy (non-hydrogen) atoms. The molecule has 0 spiro atoms. The third-order valence-electron chi connectivity index (χ3n) is 2.17. The summed E-state index contributed by atoms with van der Waals surface area (Å²) in [5.41, 5.74) is 3.87. The van der Waals surface area contributed by atoms with Gasteiger partial charge in [0.05, 0.1) is 11.7 Å². The molecule has 4 N–H and O–H groups in total. The number of halogens is 3. The Labute approximate surface area is 90.3 Å². The molecule has 0 bridgehead atoms. The van der Waals surface area contributed by atoms with Crippen LogP contribution in [0, 0.1) is 0 Å². The monoisotopic (exact) mass is 235 g/mol. The Hall–Kier alpha value is -1.27. The summed E-state index contributed by atoms with van der Waals surface area (Å²) in [6.45, 7) is 0.122. The molecule has 0 saturated heterocycles. The van der Waals surface area contributed by atoms with Crippen LogP contribution in [0.5, 0.6) is 5.75 Å². The molecule has 1 atom stereocenters. The summed E-state index contributed by atoms with van der Waals surface area (Å²) >= 11 is 0. The van der Waals surface area contributed by atoms with Gasteiger partial charge in [-0.05, 0) is 19.0 Å². The molecule has 0 saturated carbocycles. The van der Waals surface area contributed by atoms with Gasteiger partial charge in [0, 0.05) is 5.56 Å². The molecule has 1 aromatic carbocycles. The Morgan fingerprint density at radius 1 is 1.31 bits per heavy atom. The Morgan fingerprint density at radius 3 is 2.44 bits per heavy atom. The van der Waals surface area contributed by atoms with Crippen molar-refractivity contribution in [3.63, 3.8) is 0 Å². The van der Waals surface area contributed by atoms with Gasteiger partial charge < -0.3 is 15.9 Å². The lowest BCUT2D eigenvalue weighted by Gasteiger charge is -2.15. The van der Waals surface area contributed by atoms with E-state index < -0.39 is 23.6 Å². The van der Waals surface area contributed by atoms with Crippen LogP contribution < -0.4 is 5.73 Å². The van der Waals surface area contributed by atoms with Gasteiger partial charge >= 0.3 is 6.18 Å². The third-order valence-corrected chi connectivity index (χ3v) is 2.17. The molecule has 1 aromatic rings. The normalized spacial score (nSPS) is 13.8. The maximum Gasteiger partial charge on any atom is 0.419 e. The van der Waals surface area contributed by atoms with Gasteiger partial charge in [-0.25, -0.2) is 0 Å². The van der Waals surface area contributed by atoms with Crippen molar-refractivity contribution in [3.05, 3.63) is 29.3 Å². The fourth-order valence-corrected chi connectivity index (χ4v) is 1.37. The van der Waals surface area contributed by atoms with Gasteiger partial charge in [0.1, 0.15) is 5.75 Å². The minimum atomic E-state index is -4.64. The smallest absolute Gasteiger partial charge is 0.419 e. The number of phenols is 1. The molecule has 0 fully saturated rings. The number of aliphatic hydroxyl groups excluding tert-OH is 1. The second-order valence-corrected chi connectivity index (χ2v) is 3.33. The number of hydrogen-bond acceptors (Lipinski definition) is 3. The zero-order valence-corrected chi connectivity index (χ0v) is 8.33. The van der Waals surface area contributed by atoms with Crippen LogP contribution in [-0.4, -0.2) is 16.8 Å². The molecule has 6 heteroatoms. The van der Waals surface area contributed by atoms with Crippen molar-refractivity contribution in [2.45, 2.75) is 18.7 Å². The molecular formula is C10H12F3NO2. The topological polar surface area (TPSA) is 66.5 Å². The fourth-order valence-electron chi connectivity index (χ4n) is 1.37. The first-order chi connectivity index (χ1) is 7.38. The van der Waals surface area contributed by atoms with Crippen LogP contribution in [-0.2, 0) is 6.18 Å². The van der Waals surface area contributed by atoms with Crippen LogP contribution in [0.25, 0.3) is 0 Å². The lowest BCUT2D eigenvalue weighted by Crippen LogP contribution is -2.10. The van der Waals surface area contributed by atoms with E-state index in [9.17, 15) is 23.4 Å². The molecule has 90 valence electrons. The third kappa shape index (κ3) is 2.65. The van der Waals surface area contributed by atoms with Crippen LogP contribution in [0.1, 0.15) is 23.7 Å². The number of hydrogen-bond donors (Lipinski definition) is 3. The van der Waals surface area contributed by atoms with Crippen molar-refractivity contribution in [2.24, 2.45) is 5.73 Å². The first-order valence-electron chi connectivity index (χ1n) is 4.65. The SMILES string of the molecule is NCCC(O)c1cccc(C(F)(F)F)c1O. The number of alkyl halides is 3. The molecule has 0 aliphatic heterocycles.